The van der Waals surface area contributed by atoms with Gasteiger partial charge in [0, 0.05) is 31.3 Å². The number of para-hydroxylation sites is 1. The minimum Gasteiger partial charge on any atom is -0.283 e. The summed E-state index contributed by atoms with van der Waals surface area (Å²) in [5.74, 6) is -0.196. The number of fused-ring (bicyclic) bond motifs is 1. The van der Waals surface area contributed by atoms with Gasteiger partial charge in [-0.1, -0.05) is 24.3 Å². The number of hydrogen-bond donors (Lipinski definition) is 1. The van der Waals surface area contributed by atoms with Crippen molar-refractivity contribution in [3.05, 3.63) is 66.0 Å². The number of rotatable bonds is 4. The van der Waals surface area contributed by atoms with Crippen LogP contribution in [0.15, 0.2) is 60.0 Å². The molecule has 148 valence electrons. The first-order chi connectivity index (χ1) is 13.8. The van der Waals surface area contributed by atoms with Crippen molar-refractivity contribution in [2.75, 3.05) is 11.0 Å². The Kier molecular flexibility index (Phi) is 4.75. The number of nitrogens with zero attached hydrogens (tertiary/aromatic N) is 4. The molecule has 1 amide bonds. The highest BCUT2D eigenvalue weighted by Crippen LogP contribution is 2.35. The minimum absolute atomic E-state index is 0.196. The Labute approximate surface area is 168 Å². The van der Waals surface area contributed by atoms with Gasteiger partial charge in [-0.2, -0.15) is 5.10 Å². The molecule has 2 heterocycles. The molecule has 4 rings (SSSR count). The second-order valence-corrected chi connectivity index (χ2v) is 8.60. The Bertz CT molecular complexity index is 1240. The Balaban J connectivity index is 1.73. The molecule has 0 fully saturated rings. The highest BCUT2D eigenvalue weighted by Gasteiger charge is 2.32. The molecular weight excluding hydrogens is 390 g/mol. The standard InChI is InChI=1S/C20H19N5O3S/c1-13(26)25-20(14-7-8-17-19(11-14)22-10-9-21-17)12-18(23-25)15-5-3-4-6-16(15)24-29(2,27)28/h3-11,20,24H,12H2,1-2H3. The summed E-state index contributed by atoms with van der Waals surface area (Å²) in [6.45, 7) is 1.46. The van der Waals surface area contributed by atoms with Crippen molar-refractivity contribution in [2.24, 2.45) is 5.10 Å². The quantitative estimate of drug-likeness (QED) is 0.713. The fraction of sp³-hybridized carbons (Fsp3) is 0.200. The molecule has 9 heteroatoms. The molecule has 0 aliphatic carbocycles. The number of amides is 1. The number of anilines is 1. The van der Waals surface area contributed by atoms with Crippen LogP contribution in [0.3, 0.4) is 0 Å². The van der Waals surface area contributed by atoms with E-state index in [-0.39, 0.29) is 11.9 Å². The summed E-state index contributed by atoms with van der Waals surface area (Å²) >= 11 is 0. The van der Waals surface area contributed by atoms with Gasteiger partial charge in [0.25, 0.3) is 0 Å². The maximum atomic E-state index is 12.3. The second kappa shape index (κ2) is 7.25. The SMILES string of the molecule is CC(=O)N1N=C(c2ccccc2NS(C)(=O)=O)CC1c1ccc2nccnc2c1. The van der Waals surface area contributed by atoms with Gasteiger partial charge in [0.05, 0.1) is 34.7 Å². The monoisotopic (exact) mass is 409 g/mol. The lowest BCUT2D eigenvalue weighted by molar-refractivity contribution is -0.130. The molecule has 3 aromatic rings. The zero-order valence-electron chi connectivity index (χ0n) is 15.9. The van der Waals surface area contributed by atoms with Crippen molar-refractivity contribution in [3.63, 3.8) is 0 Å². The van der Waals surface area contributed by atoms with Crippen molar-refractivity contribution >= 4 is 38.4 Å². The van der Waals surface area contributed by atoms with E-state index in [9.17, 15) is 13.2 Å². The third-order valence-electron chi connectivity index (χ3n) is 4.64. The van der Waals surface area contributed by atoms with E-state index < -0.39 is 10.0 Å². The van der Waals surface area contributed by atoms with Crippen LogP contribution in [0.2, 0.25) is 0 Å². The second-order valence-electron chi connectivity index (χ2n) is 6.85. The first kappa shape index (κ1) is 19.0. The van der Waals surface area contributed by atoms with Crippen LogP contribution in [0.1, 0.15) is 30.5 Å². The third-order valence-corrected chi connectivity index (χ3v) is 5.24. The molecule has 0 spiro atoms. The van der Waals surface area contributed by atoms with E-state index in [1.165, 1.54) is 11.9 Å². The Morgan fingerprint density at radius 2 is 1.83 bits per heavy atom. The maximum absolute atomic E-state index is 12.3. The van der Waals surface area contributed by atoms with Gasteiger partial charge in [0.15, 0.2) is 0 Å². The fourth-order valence-corrected chi connectivity index (χ4v) is 4.01. The van der Waals surface area contributed by atoms with Gasteiger partial charge in [0.1, 0.15) is 0 Å². The van der Waals surface area contributed by atoms with Gasteiger partial charge in [-0.3, -0.25) is 19.5 Å². The summed E-state index contributed by atoms with van der Waals surface area (Å²) in [6.07, 6.45) is 4.81. The molecule has 0 saturated carbocycles. The molecule has 0 saturated heterocycles. The van der Waals surface area contributed by atoms with E-state index in [2.05, 4.69) is 19.8 Å². The van der Waals surface area contributed by atoms with Crippen LogP contribution in [0.4, 0.5) is 5.69 Å². The molecule has 1 atom stereocenters. The van der Waals surface area contributed by atoms with E-state index in [0.717, 1.165) is 22.9 Å². The molecule has 1 aliphatic rings. The predicted octanol–water partition coefficient (Wildman–Crippen LogP) is 2.70. The van der Waals surface area contributed by atoms with Crippen LogP contribution in [0.25, 0.3) is 11.0 Å². The van der Waals surface area contributed by atoms with Crippen LogP contribution in [0.5, 0.6) is 0 Å². The fourth-order valence-electron chi connectivity index (χ4n) is 3.43. The summed E-state index contributed by atoms with van der Waals surface area (Å²) in [7, 11) is -3.45. The number of carbonyl (C=O) groups excluding carboxylic acids is 1. The lowest BCUT2D eigenvalue weighted by atomic mass is 9.97. The first-order valence-corrected chi connectivity index (χ1v) is 10.9. The van der Waals surface area contributed by atoms with Crippen molar-refractivity contribution in [3.8, 4) is 0 Å². The number of hydrazone groups is 1. The molecule has 29 heavy (non-hydrogen) atoms. The van der Waals surface area contributed by atoms with Gasteiger partial charge in [-0.05, 0) is 23.8 Å². The average Bonchev–Trinajstić information content (AvgIpc) is 3.12. The van der Waals surface area contributed by atoms with Gasteiger partial charge in [-0.25, -0.2) is 13.4 Å². The van der Waals surface area contributed by atoms with Crippen LogP contribution >= 0.6 is 0 Å². The normalized spacial score (nSPS) is 16.7. The largest absolute Gasteiger partial charge is 0.283 e. The Morgan fingerprint density at radius 3 is 2.55 bits per heavy atom. The summed E-state index contributed by atoms with van der Waals surface area (Å²) in [4.78, 5) is 20.9. The molecule has 1 N–H and O–H groups in total. The van der Waals surface area contributed by atoms with Crippen LogP contribution < -0.4 is 4.72 Å². The van der Waals surface area contributed by atoms with E-state index >= 15 is 0 Å². The van der Waals surface area contributed by atoms with Crippen molar-refractivity contribution in [1.82, 2.24) is 15.0 Å². The topological polar surface area (TPSA) is 105 Å². The van der Waals surface area contributed by atoms with E-state index in [1.807, 2.05) is 24.3 Å². The average molecular weight is 409 g/mol. The Morgan fingerprint density at radius 1 is 1.10 bits per heavy atom. The number of carbonyl (C=O) groups is 1. The van der Waals surface area contributed by atoms with Crippen LogP contribution in [0, 0.1) is 0 Å². The lowest BCUT2D eigenvalue weighted by Crippen LogP contribution is -2.24. The Hall–Kier alpha value is -3.33. The number of aromatic nitrogens is 2. The molecule has 1 unspecified atom stereocenters. The molecule has 0 bridgehead atoms. The summed E-state index contributed by atoms with van der Waals surface area (Å²) in [5, 5.41) is 5.95. The summed E-state index contributed by atoms with van der Waals surface area (Å²) < 4.78 is 26.0. The molecule has 1 aliphatic heterocycles. The lowest BCUT2D eigenvalue weighted by Gasteiger charge is -2.20. The summed E-state index contributed by atoms with van der Waals surface area (Å²) in [5.41, 5.74) is 4.11. The maximum Gasteiger partial charge on any atom is 0.240 e. The van der Waals surface area contributed by atoms with Crippen LogP contribution in [-0.2, 0) is 14.8 Å². The predicted molar refractivity (Wildman–Crippen MR) is 111 cm³/mol. The van der Waals surface area contributed by atoms with E-state index in [1.54, 1.807) is 30.6 Å². The molecule has 2 aromatic carbocycles. The smallest absolute Gasteiger partial charge is 0.240 e. The highest BCUT2D eigenvalue weighted by atomic mass is 32.2. The highest BCUT2D eigenvalue weighted by molar-refractivity contribution is 7.92. The van der Waals surface area contributed by atoms with Gasteiger partial charge in [-0.15, -0.1) is 0 Å². The molecule has 1 aromatic heterocycles. The van der Waals surface area contributed by atoms with Gasteiger partial charge >= 0.3 is 0 Å². The number of nitrogens with one attached hydrogen (secondary N) is 1. The van der Waals surface area contributed by atoms with E-state index in [0.29, 0.717) is 23.4 Å². The third kappa shape index (κ3) is 3.95. The van der Waals surface area contributed by atoms with Crippen molar-refractivity contribution < 1.29 is 13.2 Å². The molecule has 0 radical (unpaired) electrons. The zero-order valence-corrected chi connectivity index (χ0v) is 16.7. The number of hydrogen-bond acceptors (Lipinski definition) is 6. The van der Waals surface area contributed by atoms with Gasteiger partial charge < -0.3 is 0 Å². The number of benzene rings is 2. The zero-order chi connectivity index (χ0) is 20.6. The van der Waals surface area contributed by atoms with E-state index in [4.69, 9.17) is 0 Å². The van der Waals surface area contributed by atoms with Crippen molar-refractivity contribution in [2.45, 2.75) is 19.4 Å². The first-order valence-electron chi connectivity index (χ1n) is 8.97. The molecular formula is C20H19N5O3S. The van der Waals surface area contributed by atoms with Gasteiger partial charge in [0.2, 0.25) is 15.9 Å². The van der Waals surface area contributed by atoms with Crippen LogP contribution in [-0.4, -0.2) is 41.3 Å². The van der Waals surface area contributed by atoms with Crippen molar-refractivity contribution in [1.29, 1.82) is 0 Å². The number of sulfonamides is 1. The molecule has 8 nitrogen and oxygen atoms in total. The summed E-state index contributed by atoms with van der Waals surface area (Å²) in [6, 6.07) is 12.4. The minimum atomic E-state index is -3.45.